The molecule has 0 spiro atoms. The quantitative estimate of drug-likeness (QED) is 0.834. The van der Waals surface area contributed by atoms with Gasteiger partial charge >= 0.3 is 0 Å². The van der Waals surface area contributed by atoms with Gasteiger partial charge in [0.2, 0.25) is 0 Å². The molecule has 2 aliphatic heterocycles. The second-order valence-corrected chi connectivity index (χ2v) is 7.65. The van der Waals surface area contributed by atoms with Crippen LogP contribution in [0, 0.1) is 0 Å². The summed E-state index contributed by atoms with van der Waals surface area (Å²) in [6.07, 6.45) is 5.82. The number of aryl methyl sites for hydroxylation is 1. The monoisotopic (exact) mass is 367 g/mol. The van der Waals surface area contributed by atoms with Gasteiger partial charge in [0.15, 0.2) is 5.82 Å². The minimum absolute atomic E-state index is 0.0895. The lowest BCUT2D eigenvalue weighted by molar-refractivity contribution is 0.0743. The van der Waals surface area contributed by atoms with E-state index in [-0.39, 0.29) is 5.91 Å². The molecule has 0 saturated carbocycles. The molecule has 6 heteroatoms. The van der Waals surface area contributed by atoms with Crippen LogP contribution in [-0.4, -0.2) is 50.1 Å². The number of hydrogen-bond donors (Lipinski definition) is 0. The lowest BCUT2D eigenvalue weighted by Crippen LogP contribution is -2.31. The molecule has 0 aliphatic carbocycles. The predicted octanol–water partition coefficient (Wildman–Crippen LogP) is 2.87. The van der Waals surface area contributed by atoms with Crippen molar-refractivity contribution in [3.8, 4) is 0 Å². The number of amides is 1. The van der Waals surface area contributed by atoms with Gasteiger partial charge in [0.05, 0.1) is 13.1 Å². The van der Waals surface area contributed by atoms with Crippen LogP contribution in [0.15, 0.2) is 24.3 Å². The summed E-state index contributed by atoms with van der Waals surface area (Å²) in [5.41, 5.74) is 2.01. The summed E-state index contributed by atoms with van der Waals surface area (Å²) in [6.45, 7) is 7.51. The number of carbonyl (C=O) groups is 1. The number of rotatable bonds is 4. The van der Waals surface area contributed by atoms with Crippen LogP contribution in [0.2, 0.25) is 0 Å². The summed E-state index contributed by atoms with van der Waals surface area (Å²) in [6, 6.07) is 7.98. The number of aromatic nitrogens is 3. The second-order valence-electron chi connectivity index (χ2n) is 7.65. The van der Waals surface area contributed by atoms with Crippen molar-refractivity contribution in [2.24, 2.45) is 0 Å². The van der Waals surface area contributed by atoms with E-state index in [1.54, 1.807) is 0 Å². The maximum Gasteiger partial charge on any atom is 0.254 e. The Morgan fingerprint density at radius 1 is 0.963 bits per heavy atom. The van der Waals surface area contributed by atoms with Gasteiger partial charge in [-0.15, -0.1) is 10.2 Å². The zero-order chi connectivity index (χ0) is 18.6. The first-order chi connectivity index (χ1) is 13.2. The highest BCUT2D eigenvalue weighted by molar-refractivity contribution is 5.94. The molecule has 144 valence electrons. The average molecular weight is 367 g/mol. The zero-order valence-corrected chi connectivity index (χ0v) is 16.2. The van der Waals surface area contributed by atoms with Crippen molar-refractivity contribution in [3.05, 3.63) is 47.0 Å². The molecule has 0 N–H and O–H groups in total. The van der Waals surface area contributed by atoms with Crippen molar-refractivity contribution in [1.29, 1.82) is 0 Å². The first-order valence-corrected chi connectivity index (χ1v) is 10.3. The fourth-order valence-electron chi connectivity index (χ4n) is 4.09. The SMILES string of the molecule is CCc1ccc(C(=O)N2CCCn3c(CN4CCCCC4)nnc3C2)cc1. The van der Waals surface area contributed by atoms with Crippen molar-refractivity contribution in [3.63, 3.8) is 0 Å². The maximum absolute atomic E-state index is 12.9. The van der Waals surface area contributed by atoms with Gasteiger partial charge < -0.3 is 9.47 Å². The Hall–Kier alpha value is -2.21. The molecule has 3 heterocycles. The Labute approximate surface area is 161 Å². The summed E-state index contributed by atoms with van der Waals surface area (Å²) in [7, 11) is 0. The fraction of sp³-hybridized carbons (Fsp3) is 0.571. The van der Waals surface area contributed by atoms with Crippen molar-refractivity contribution in [2.45, 2.75) is 58.7 Å². The molecular weight excluding hydrogens is 338 g/mol. The second kappa shape index (κ2) is 8.21. The lowest BCUT2D eigenvalue weighted by atomic mass is 10.1. The molecule has 6 nitrogen and oxygen atoms in total. The van der Waals surface area contributed by atoms with Crippen LogP contribution in [0.3, 0.4) is 0 Å². The summed E-state index contributed by atoms with van der Waals surface area (Å²) < 4.78 is 2.24. The van der Waals surface area contributed by atoms with Crippen molar-refractivity contribution in [1.82, 2.24) is 24.6 Å². The molecule has 2 aliphatic rings. The van der Waals surface area contributed by atoms with Crippen molar-refractivity contribution >= 4 is 5.91 Å². The average Bonchev–Trinajstić information content (AvgIpc) is 2.96. The van der Waals surface area contributed by atoms with Crippen LogP contribution in [-0.2, 0) is 26.1 Å². The summed E-state index contributed by atoms with van der Waals surface area (Å²) >= 11 is 0. The zero-order valence-electron chi connectivity index (χ0n) is 16.2. The molecule has 2 aromatic rings. The molecule has 1 aromatic carbocycles. The van der Waals surface area contributed by atoms with Crippen molar-refractivity contribution in [2.75, 3.05) is 19.6 Å². The van der Waals surface area contributed by atoms with E-state index in [1.165, 1.54) is 24.8 Å². The van der Waals surface area contributed by atoms with Gasteiger partial charge in [0, 0.05) is 18.7 Å². The Kier molecular flexibility index (Phi) is 5.53. The number of fused-ring (bicyclic) bond motifs is 1. The molecule has 1 fully saturated rings. The standard InChI is InChI=1S/C21H29N5O/c1-2-17-7-9-18(10-8-17)21(27)25-13-6-14-26-19(22-23-20(26)16-25)15-24-11-4-3-5-12-24/h7-10H,2-6,11-16H2,1H3. The van der Waals surface area contributed by atoms with E-state index in [9.17, 15) is 4.79 Å². The fourth-order valence-corrected chi connectivity index (χ4v) is 4.09. The molecule has 1 saturated heterocycles. The minimum Gasteiger partial charge on any atom is -0.331 e. The van der Waals surface area contributed by atoms with Gasteiger partial charge in [-0.3, -0.25) is 9.69 Å². The van der Waals surface area contributed by atoms with Gasteiger partial charge in [-0.05, 0) is 56.5 Å². The highest BCUT2D eigenvalue weighted by atomic mass is 16.2. The van der Waals surface area contributed by atoms with Gasteiger partial charge in [-0.2, -0.15) is 0 Å². The lowest BCUT2D eigenvalue weighted by Gasteiger charge is -2.25. The summed E-state index contributed by atoms with van der Waals surface area (Å²) in [5.74, 6) is 2.05. The van der Waals surface area contributed by atoms with E-state index < -0.39 is 0 Å². The Balaban J connectivity index is 1.47. The molecular formula is C21H29N5O. The topological polar surface area (TPSA) is 54.3 Å². The number of carbonyl (C=O) groups excluding carboxylic acids is 1. The molecule has 0 bridgehead atoms. The van der Waals surface area contributed by atoms with E-state index in [0.717, 1.165) is 62.8 Å². The molecule has 0 unspecified atom stereocenters. The van der Waals surface area contributed by atoms with Crippen LogP contribution < -0.4 is 0 Å². The van der Waals surface area contributed by atoms with E-state index >= 15 is 0 Å². The largest absolute Gasteiger partial charge is 0.331 e. The first-order valence-electron chi connectivity index (χ1n) is 10.3. The van der Waals surface area contributed by atoms with Gasteiger partial charge in [-0.1, -0.05) is 25.5 Å². The first kappa shape index (κ1) is 18.2. The third-order valence-electron chi connectivity index (χ3n) is 5.76. The number of benzene rings is 1. The van der Waals surface area contributed by atoms with Crippen LogP contribution in [0.4, 0.5) is 0 Å². The molecule has 0 radical (unpaired) electrons. The number of hydrogen-bond acceptors (Lipinski definition) is 4. The van der Waals surface area contributed by atoms with Crippen LogP contribution in [0.25, 0.3) is 0 Å². The highest BCUT2D eigenvalue weighted by Gasteiger charge is 2.24. The summed E-state index contributed by atoms with van der Waals surface area (Å²) in [4.78, 5) is 17.3. The normalized spacial score (nSPS) is 18.2. The third-order valence-corrected chi connectivity index (χ3v) is 5.76. The van der Waals surface area contributed by atoms with Crippen LogP contribution >= 0.6 is 0 Å². The van der Waals surface area contributed by atoms with E-state index in [0.29, 0.717) is 6.54 Å². The number of nitrogens with zero attached hydrogens (tertiary/aromatic N) is 5. The summed E-state index contributed by atoms with van der Waals surface area (Å²) in [5, 5.41) is 8.88. The molecule has 1 aromatic heterocycles. The number of piperidine rings is 1. The van der Waals surface area contributed by atoms with E-state index in [2.05, 4.69) is 26.6 Å². The minimum atomic E-state index is 0.0895. The number of likely N-dealkylation sites (tertiary alicyclic amines) is 1. The smallest absolute Gasteiger partial charge is 0.254 e. The van der Waals surface area contributed by atoms with E-state index in [4.69, 9.17) is 0 Å². The Morgan fingerprint density at radius 2 is 1.74 bits per heavy atom. The Morgan fingerprint density at radius 3 is 2.48 bits per heavy atom. The molecule has 27 heavy (non-hydrogen) atoms. The van der Waals surface area contributed by atoms with Crippen LogP contribution in [0.5, 0.6) is 0 Å². The van der Waals surface area contributed by atoms with Gasteiger partial charge in [0.25, 0.3) is 5.91 Å². The highest BCUT2D eigenvalue weighted by Crippen LogP contribution is 2.18. The predicted molar refractivity (Wildman–Crippen MR) is 104 cm³/mol. The van der Waals surface area contributed by atoms with Gasteiger partial charge in [0.1, 0.15) is 5.82 Å². The molecule has 0 atom stereocenters. The third kappa shape index (κ3) is 4.05. The van der Waals surface area contributed by atoms with Crippen molar-refractivity contribution < 1.29 is 4.79 Å². The molecule has 4 rings (SSSR count). The Bertz CT molecular complexity index is 776. The maximum atomic E-state index is 12.9. The van der Waals surface area contributed by atoms with Crippen LogP contribution in [0.1, 0.15) is 60.2 Å². The molecule has 1 amide bonds. The van der Waals surface area contributed by atoms with E-state index in [1.807, 2.05) is 29.2 Å². The van der Waals surface area contributed by atoms with Gasteiger partial charge in [-0.25, -0.2) is 0 Å².